The van der Waals surface area contributed by atoms with Crippen LogP contribution < -0.4 is 0 Å². The Hall–Kier alpha value is -1.58. The Morgan fingerprint density at radius 3 is 2.35 bits per heavy atom. The molecule has 3 aliphatic rings. The van der Waals surface area contributed by atoms with Gasteiger partial charge in [-0.2, -0.15) is 0 Å². The van der Waals surface area contributed by atoms with E-state index in [2.05, 4.69) is 47.6 Å². The Kier molecular flexibility index (Phi) is 8.93. The molecule has 0 saturated heterocycles. The summed E-state index contributed by atoms with van der Waals surface area (Å²) in [6, 6.07) is 20.2. The fourth-order valence-corrected chi connectivity index (χ4v) is 6.43. The number of aromatic nitrogens is 1. The molecule has 6 rings (SSSR count). The number of rotatable bonds is 2. The Bertz CT molecular complexity index is 1050. The summed E-state index contributed by atoms with van der Waals surface area (Å²) in [5.41, 5.74) is 3.55. The van der Waals surface area contributed by atoms with Crippen LogP contribution in [0.3, 0.4) is 0 Å². The standard InChI is InChI=1S/C20H18N.C10H18O2.Ir/c1-2-9-16(10-3-1)20-13-17-11-6-12-18(19(17)14-21-20)15-7-4-5-8-15;11-8-4-2-1-3-7-5-6-9(12)10(7)8;/h1-3,6,9,11-15H,4-5,7-8H2;7-12H,1-6H2;/q-1;;. The predicted octanol–water partition coefficient (Wildman–Crippen LogP) is 6.67. The molecule has 4 unspecified atom stereocenters. The van der Waals surface area contributed by atoms with Gasteiger partial charge < -0.3 is 15.2 Å². The average molecular weight is 635 g/mol. The van der Waals surface area contributed by atoms with Gasteiger partial charge in [-0.1, -0.05) is 49.9 Å². The van der Waals surface area contributed by atoms with Gasteiger partial charge in [0.1, 0.15) is 0 Å². The van der Waals surface area contributed by atoms with E-state index in [-0.39, 0.29) is 38.2 Å². The van der Waals surface area contributed by atoms with Crippen molar-refractivity contribution in [2.75, 3.05) is 0 Å². The zero-order valence-corrected chi connectivity index (χ0v) is 22.2. The maximum Gasteiger partial charge on any atom is 0.0595 e. The molecule has 4 atom stereocenters. The number of fused-ring (bicyclic) bond motifs is 2. The Morgan fingerprint density at radius 1 is 0.794 bits per heavy atom. The van der Waals surface area contributed by atoms with Crippen LogP contribution in [0.4, 0.5) is 0 Å². The molecule has 1 heterocycles. The van der Waals surface area contributed by atoms with Crippen molar-refractivity contribution in [3.05, 3.63) is 66.4 Å². The zero-order valence-electron chi connectivity index (χ0n) is 19.8. The van der Waals surface area contributed by atoms with E-state index in [1.54, 1.807) is 0 Å². The van der Waals surface area contributed by atoms with E-state index in [1.807, 2.05) is 18.2 Å². The van der Waals surface area contributed by atoms with Crippen LogP contribution in [0, 0.1) is 17.9 Å². The van der Waals surface area contributed by atoms with Crippen molar-refractivity contribution in [3.8, 4) is 11.3 Å². The first-order valence-electron chi connectivity index (χ1n) is 12.9. The summed E-state index contributed by atoms with van der Waals surface area (Å²) >= 11 is 0. The third-order valence-electron chi connectivity index (χ3n) is 8.17. The Labute approximate surface area is 217 Å². The van der Waals surface area contributed by atoms with Crippen LogP contribution >= 0.6 is 0 Å². The van der Waals surface area contributed by atoms with E-state index >= 15 is 0 Å². The number of pyridine rings is 1. The van der Waals surface area contributed by atoms with Gasteiger partial charge in [0.15, 0.2) is 0 Å². The Morgan fingerprint density at radius 2 is 1.56 bits per heavy atom. The van der Waals surface area contributed by atoms with E-state index in [9.17, 15) is 10.2 Å². The van der Waals surface area contributed by atoms with Crippen LogP contribution in [0.2, 0.25) is 0 Å². The molecule has 0 aliphatic heterocycles. The topological polar surface area (TPSA) is 53.4 Å². The summed E-state index contributed by atoms with van der Waals surface area (Å²) in [5, 5.41) is 22.0. The van der Waals surface area contributed by atoms with Gasteiger partial charge in [-0.05, 0) is 67.0 Å². The van der Waals surface area contributed by atoms with Crippen molar-refractivity contribution in [3.63, 3.8) is 0 Å². The van der Waals surface area contributed by atoms with E-state index < -0.39 is 0 Å². The van der Waals surface area contributed by atoms with Crippen LogP contribution in [0.1, 0.15) is 75.7 Å². The molecular weight excluding hydrogens is 599 g/mol. The molecule has 34 heavy (non-hydrogen) atoms. The molecule has 0 spiro atoms. The monoisotopic (exact) mass is 635 g/mol. The van der Waals surface area contributed by atoms with Crippen molar-refractivity contribution in [2.24, 2.45) is 11.8 Å². The van der Waals surface area contributed by atoms with Gasteiger partial charge in [0, 0.05) is 37.6 Å². The van der Waals surface area contributed by atoms with E-state index in [1.165, 1.54) is 54.9 Å². The van der Waals surface area contributed by atoms with Crippen molar-refractivity contribution >= 4 is 10.8 Å². The molecule has 3 nitrogen and oxygen atoms in total. The minimum absolute atomic E-state index is 0. The molecule has 3 aromatic rings. The third-order valence-corrected chi connectivity index (χ3v) is 8.17. The summed E-state index contributed by atoms with van der Waals surface area (Å²) < 4.78 is 0. The van der Waals surface area contributed by atoms with Gasteiger partial charge in [0.2, 0.25) is 0 Å². The fourth-order valence-electron chi connectivity index (χ4n) is 6.43. The van der Waals surface area contributed by atoms with Crippen molar-refractivity contribution < 1.29 is 30.3 Å². The number of benzene rings is 2. The van der Waals surface area contributed by atoms with Gasteiger partial charge in [-0.25, -0.2) is 0 Å². The van der Waals surface area contributed by atoms with Crippen molar-refractivity contribution in [1.82, 2.24) is 4.98 Å². The number of hydrogen-bond acceptors (Lipinski definition) is 3. The van der Waals surface area contributed by atoms with Crippen LogP contribution in [0.5, 0.6) is 0 Å². The molecule has 4 heteroatoms. The second-order valence-electron chi connectivity index (χ2n) is 10.2. The first kappa shape index (κ1) is 25.5. The molecule has 2 aromatic carbocycles. The molecule has 1 radical (unpaired) electrons. The molecule has 2 N–H and O–H groups in total. The fraction of sp³-hybridized carbons (Fsp3) is 0.500. The molecule has 3 aliphatic carbocycles. The Balaban J connectivity index is 0.000000180. The van der Waals surface area contributed by atoms with Crippen molar-refractivity contribution in [1.29, 1.82) is 0 Å². The number of aliphatic hydroxyl groups excluding tert-OH is 2. The van der Waals surface area contributed by atoms with E-state index in [4.69, 9.17) is 0 Å². The summed E-state index contributed by atoms with van der Waals surface area (Å²) in [5.74, 6) is 1.54. The summed E-state index contributed by atoms with van der Waals surface area (Å²) in [6.45, 7) is 0. The average Bonchev–Trinajstić information content (AvgIpc) is 3.48. The largest absolute Gasteiger partial charge is 0.393 e. The number of nitrogens with zero attached hydrogens (tertiary/aromatic N) is 1. The van der Waals surface area contributed by atoms with Gasteiger partial charge in [-0.3, -0.25) is 0 Å². The quantitative estimate of drug-likeness (QED) is 0.310. The molecule has 1 aromatic heterocycles. The summed E-state index contributed by atoms with van der Waals surface area (Å²) in [6.07, 6.45) is 13.5. The van der Waals surface area contributed by atoms with Crippen LogP contribution in [0.25, 0.3) is 22.0 Å². The van der Waals surface area contributed by atoms with Gasteiger partial charge >= 0.3 is 0 Å². The maximum atomic E-state index is 9.77. The van der Waals surface area contributed by atoms with Crippen LogP contribution in [-0.4, -0.2) is 27.4 Å². The molecular formula is C30H36IrNO2-. The SMILES string of the molecule is OC1CCCCC2CCC(O)C12.[Ir].[c-]1ccccc1-c1cc2cccc(C3CCCC3)c2cn1. The van der Waals surface area contributed by atoms with Crippen LogP contribution in [0.15, 0.2) is 54.7 Å². The summed E-state index contributed by atoms with van der Waals surface area (Å²) in [7, 11) is 0. The molecule has 0 amide bonds. The second kappa shape index (κ2) is 11.9. The molecule has 183 valence electrons. The zero-order chi connectivity index (χ0) is 22.6. The molecule has 0 bridgehead atoms. The normalized spacial score (nSPS) is 26.8. The predicted molar refractivity (Wildman–Crippen MR) is 134 cm³/mol. The third kappa shape index (κ3) is 5.62. The maximum absolute atomic E-state index is 9.77. The van der Waals surface area contributed by atoms with Gasteiger partial charge in [0.05, 0.1) is 12.2 Å². The number of aliphatic hydroxyl groups is 2. The van der Waals surface area contributed by atoms with Gasteiger partial charge in [-0.15, -0.1) is 35.9 Å². The van der Waals surface area contributed by atoms with Gasteiger partial charge in [0.25, 0.3) is 0 Å². The van der Waals surface area contributed by atoms with Crippen molar-refractivity contribution in [2.45, 2.75) is 82.3 Å². The first-order chi connectivity index (χ1) is 16.2. The minimum atomic E-state index is -0.227. The first-order valence-corrected chi connectivity index (χ1v) is 12.9. The van der Waals surface area contributed by atoms with Crippen LogP contribution in [-0.2, 0) is 20.1 Å². The number of hydrogen-bond donors (Lipinski definition) is 2. The summed E-state index contributed by atoms with van der Waals surface area (Å²) in [4.78, 5) is 4.68. The molecule has 3 saturated carbocycles. The second-order valence-corrected chi connectivity index (χ2v) is 10.2. The smallest absolute Gasteiger partial charge is 0.0595 e. The van der Waals surface area contributed by atoms with E-state index in [0.29, 0.717) is 5.92 Å². The minimum Gasteiger partial charge on any atom is -0.393 e. The van der Waals surface area contributed by atoms with E-state index in [0.717, 1.165) is 42.9 Å². The molecule has 3 fully saturated rings.